The maximum atomic E-state index is 3.44. The van der Waals surface area contributed by atoms with E-state index in [4.69, 9.17) is 0 Å². The maximum absolute atomic E-state index is 3.44. The van der Waals surface area contributed by atoms with Gasteiger partial charge in [0.25, 0.3) is 0 Å². The van der Waals surface area contributed by atoms with Crippen molar-refractivity contribution < 1.29 is 0 Å². The molecule has 0 atom stereocenters. The highest BCUT2D eigenvalue weighted by molar-refractivity contribution is 7.58. The summed E-state index contributed by atoms with van der Waals surface area (Å²) in [7, 11) is 0. The van der Waals surface area contributed by atoms with Gasteiger partial charge < -0.3 is 0 Å². The Morgan fingerprint density at radius 2 is 1.88 bits per heavy atom. The first-order chi connectivity index (χ1) is 3.80. The summed E-state index contributed by atoms with van der Waals surface area (Å²) in [4.78, 5) is 1.17. The third-order valence-corrected chi connectivity index (χ3v) is 1.71. The Balaban J connectivity index is 3.13. The SMILES string of the molecule is Cc1ccccc1[SH2+]. The zero-order chi connectivity index (χ0) is 5.98. The van der Waals surface area contributed by atoms with Gasteiger partial charge in [0.2, 0.25) is 0 Å². The summed E-state index contributed by atoms with van der Waals surface area (Å²) in [5.41, 5.74) is 1.28. The van der Waals surface area contributed by atoms with E-state index in [1.165, 1.54) is 10.5 Å². The first-order valence-corrected chi connectivity index (χ1v) is 3.08. The predicted molar refractivity (Wildman–Crippen MR) is 39.6 cm³/mol. The lowest BCUT2D eigenvalue weighted by Gasteiger charge is -1.86. The van der Waals surface area contributed by atoms with Crippen LogP contribution in [-0.4, -0.2) is 0 Å². The fraction of sp³-hybridized carbons (Fsp3) is 0.143. The molecule has 0 nitrogen and oxygen atoms in total. The molecular weight excluding hydrogens is 116 g/mol. The molecular formula is C7H9S+. The first kappa shape index (κ1) is 5.70. The number of hydrogen-bond acceptors (Lipinski definition) is 0. The van der Waals surface area contributed by atoms with Crippen LogP contribution < -0.4 is 0 Å². The molecule has 0 heterocycles. The Kier molecular flexibility index (Phi) is 1.59. The molecule has 8 heavy (non-hydrogen) atoms. The van der Waals surface area contributed by atoms with Crippen LogP contribution in [0, 0.1) is 6.92 Å². The van der Waals surface area contributed by atoms with Crippen molar-refractivity contribution in [1.29, 1.82) is 0 Å². The van der Waals surface area contributed by atoms with E-state index in [2.05, 4.69) is 25.6 Å². The average molecular weight is 125 g/mol. The maximum Gasteiger partial charge on any atom is 0.153 e. The fourth-order valence-corrected chi connectivity index (χ4v) is 0.752. The van der Waals surface area contributed by atoms with Gasteiger partial charge in [-0.25, -0.2) is 0 Å². The highest BCUT2D eigenvalue weighted by atomic mass is 32.1. The third kappa shape index (κ3) is 1.04. The van der Waals surface area contributed by atoms with E-state index in [1.807, 2.05) is 18.2 Å². The zero-order valence-corrected chi connectivity index (χ0v) is 5.81. The summed E-state index contributed by atoms with van der Waals surface area (Å²) in [6, 6.07) is 8.14. The third-order valence-electron chi connectivity index (χ3n) is 1.15. The molecule has 0 radical (unpaired) electrons. The van der Waals surface area contributed by atoms with E-state index in [-0.39, 0.29) is 0 Å². The molecule has 42 valence electrons. The molecule has 0 aromatic heterocycles. The highest BCUT2D eigenvalue weighted by Gasteiger charge is 1.91. The predicted octanol–water partition coefficient (Wildman–Crippen LogP) is 1.37. The van der Waals surface area contributed by atoms with Gasteiger partial charge in [0.1, 0.15) is 0 Å². The van der Waals surface area contributed by atoms with E-state index < -0.39 is 0 Å². The minimum atomic E-state index is 1.17. The molecule has 0 amide bonds. The second-order valence-corrected chi connectivity index (χ2v) is 2.35. The highest BCUT2D eigenvalue weighted by Crippen LogP contribution is 2.03. The van der Waals surface area contributed by atoms with Gasteiger partial charge in [0, 0.05) is 5.56 Å². The van der Waals surface area contributed by atoms with E-state index in [0.717, 1.165) is 0 Å². The van der Waals surface area contributed by atoms with E-state index in [0.29, 0.717) is 0 Å². The van der Waals surface area contributed by atoms with E-state index >= 15 is 0 Å². The molecule has 0 aliphatic heterocycles. The van der Waals surface area contributed by atoms with Crippen LogP contribution in [0.4, 0.5) is 0 Å². The van der Waals surface area contributed by atoms with Crippen molar-refractivity contribution in [3.8, 4) is 0 Å². The minimum absolute atomic E-state index is 1.17. The number of hydrogen-bond donors (Lipinski definition) is 0. The van der Waals surface area contributed by atoms with Crippen LogP contribution in [0.1, 0.15) is 5.56 Å². The first-order valence-electron chi connectivity index (χ1n) is 2.58. The molecule has 0 saturated carbocycles. The number of rotatable bonds is 0. The summed E-state index contributed by atoms with van der Waals surface area (Å²) in [6.07, 6.45) is 0. The molecule has 0 unspecified atom stereocenters. The minimum Gasteiger partial charge on any atom is -0.0616 e. The van der Waals surface area contributed by atoms with Gasteiger partial charge >= 0.3 is 0 Å². The van der Waals surface area contributed by atoms with Crippen molar-refractivity contribution in [2.45, 2.75) is 11.8 Å². The molecule has 0 fully saturated rings. The Morgan fingerprint density at radius 1 is 1.25 bits per heavy atom. The smallest absolute Gasteiger partial charge is 0.0616 e. The molecule has 1 aromatic rings. The van der Waals surface area contributed by atoms with Crippen molar-refractivity contribution in [2.75, 3.05) is 0 Å². The summed E-state index contributed by atoms with van der Waals surface area (Å²) in [5.74, 6) is 0. The lowest BCUT2D eigenvalue weighted by Crippen LogP contribution is -1.74. The Labute approximate surface area is 55.0 Å². The average Bonchev–Trinajstić information content (AvgIpc) is 1.77. The van der Waals surface area contributed by atoms with Gasteiger partial charge in [-0.3, -0.25) is 0 Å². The normalized spacial score (nSPS) is 9.25. The molecule has 1 rings (SSSR count). The van der Waals surface area contributed by atoms with E-state index in [9.17, 15) is 0 Å². The molecule has 0 aliphatic carbocycles. The molecule has 0 N–H and O–H groups in total. The van der Waals surface area contributed by atoms with Crippen LogP contribution in [0.25, 0.3) is 0 Å². The quantitative estimate of drug-likeness (QED) is 0.459. The van der Waals surface area contributed by atoms with Crippen molar-refractivity contribution in [2.24, 2.45) is 0 Å². The standard InChI is InChI=1S/C7H8S/c1-6-4-2-3-5-7(6)8/h2-5,8H,1H3/p+1. The number of benzene rings is 1. The second-order valence-electron chi connectivity index (χ2n) is 1.81. The van der Waals surface area contributed by atoms with Crippen molar-refractivity contribution in [3.05, 3.63) is 29.8 Å². The summed E-state index contributed by atoms with van der Waals surface area (Å²) < 4.78 is 0. The lowest BCUT2D eigenvalue weighted by molar-refractivity contribution is 1.31. The van der Waals surface area contributed by atoms with Gasteiger partial charge in [-0.2, -0.15) is 0 Å². The summed E-state index contributed by atoms with van der Waals surface area (Å²) in [6.45, 7) is 2.07. The Bertz CT molecular complexity index is 160. The molecule has 0 saturated heterocycles. The molecule has 0 bridgehead atoms. The topological polar surface area (TPSA) is 0 Å². The Morgan fingerprint density at radius 3 is 2.25 bits per heavy atom. The van der Waals surface area contributed by atoms with Gasteiger partial charge in [0.15, 0.2) is 4.90 Å². The van der Waals surface area contributed by atoms with Crippen LogP contribution in [-0.2, 0) is 12.6 Å². The Hall–Kier alpha value is -0.430. The second kappa shape index (κ2) is 2.23. The van der Waals surface area contributed by atoms with Gasteiger partial charge in [-0.15, -0.1) is 0 Å². The van der Waals surface area contributed by atoms with Crippen LogP contribution >= 0.6 is 0 Å². The van der Waals surface area contributed by atoms with Crippen LogP contribution in [0.3, 0.4) is 0 Å². The molecule has 1 heteroatoms. The number of aryl methyl sites for hydroxylation is 1. The van der Waals surface area contributed by atoms with Gasteiger partial charge in [-0.05, 0) is 25.6 Å². The summed E-state index contributed by atoms with van der Waals surface area (Å²) >= 11 is 3.44. The fourth-order valence-electron chi connectivity index (χ4n) is 0.573. The van der Waals surface area contributed by atoms with E-state index in [1.54, 1.807) is 0 Å². The van der Waals surface area contributed by atoms with Crippen LogP contribution in [0.15, 0.2) is 29.2 Å². The van der Waals surface area contributed by atoms with Crippen LogP contribution in [0.2, 0.25) is 0 Å². The molecule has 0 spiro atoms. The largest absolute Gasteiger partial charge is 0.153 e. The van der Waals surface area contributed by atoms with Crippen molar-refractivity contribution in [1.82, 2.24) is 0 Å². The lowest BCUT2D eigenvalue weighted by atomic mass is 10.2. The monoisotopic (exact) mass is 125 g/mol. The van der Waals surface area contributed by atoms with Gasteiger partial charge in [-0.1, -0.05) is 18.2 Å². The van der Waals surface area contributed by atoms with Gasteiger partial charge in [0.05, 0.1) is 0 Å². The van der Waals surface area contributed by atoms with Crippen molar-refractivity contribution >= 4 is 12.6 Å². The van der Waals surface area contributed by atoms with Crippen molar-refractivity contribution in [3.63, 3.8) is 0 Å². The molecule has 0 aliphatic rings. The molecule has 1 aromatic carbocycles. The summed E-state index contributed by atoms with van der Waals surface area (Å²) in [5, 5.41) is 0. The van der Waals surface area contributed by atoms with Crippen LogP contribution in [0.5, 0.6) is 0 Å². The zero-order valence-electron chi connectivity index (χ0n) is 4.81.